The summed E-state index contributed by atoms with van der Waals surface area (Å²) in [6.07, 6.45) is 1.11. The second kappa shape index (κ2) is 9.42. The Morgan fingerprint density at radius 2 is 1.95 bits per heavy atom. The van der Waals surface area contributed by atoms with Gasteiger partial charge in [0.25, 0.3) is 0 Å². The summed E-state index contributed by atoms with van der Waals surface area (Å²) in [5, 5.41) is 8.71. The minimum absolute atomic E-state index is 0.0633. The predicted octanol–water partition coefficient (Wildman–Crippen LogP) is 4.25. The first-order valence-electron chi connectivity index (χ1n) is 7.14. The second-order valence-electron chi connectivity index (χ2n) is 3.96. The van der Waals surface area contributed by atoms with Gasteiger partial charge in [-0.25, -0.2) is 0 Å². The molecule has 0 aromatic heterocycles. The Labute approximate surface area is 116 Å². The Morgan fingerprint density at radius 3 is 2.53 bits per heavy atom. The van der Waals surface area contributed by atoms with Gasteiger partial charge < -0.3 is 9.84 Å². The normalized spacial score (nSPS) is 12.9. The van der Waals surface area contributed by atoms with Crippen LogP contribution in [0, 0.1) is 0 Å². The summed E-state index contributed by atoms with van der Waals surface area (Å²) in [6, 6.07) is 5.96. The first kappa shape index (κ1) is 17.5. The van der Waals surface area contributed by atoms with Gasteiger partial charge in [-0.05, 0) is 23.1 Å². The van der Waals surface area contributed by atoms with Crippen LogP contribution < -0.4 is 4.74 Å². The molecule has 0 saturated heterocycles. The molecule has 0 spiro atoms. The van der Waals surface area contributed by atoms with Crippen LogP contribution in [0.3, 0.4) is 0 Å². The van der Waals surface area contributed by atoms with Gasteiger partial charge in [0.1, 0.15) is 5.75 Å². The van der Waals surface area contributed by atoms with Crippen LogP contribution in [0.5, 0.6) is 5.75 Å². The maximum absolute atomic E-state index is 10.6. The summed E-state index contributed by atoms with van der Waals surface area (Å²) >= 11 is 0. The van der Waals surface area contributed by atoms with E-state index in [0.29, 0.717) is 0 Å². The van der Waals surface area contributed by atoms with Crippen molar-refractivity contribution >= 4 is 5.97 Å². The molecule has 1 aromatic rings. The van der Waals surface area contributed by atoms with E-state index in [1.54, 1.807) is 0 Å². The highest BCUT2D eigenvalue weighted by molar-refractivity contribution is 5.68. The molecule has 0 fully saturated rings. The van der Waals surface area contributed by atoms with Crippen molar-refractivity contribution in [3.63, 3.8) is 0 Å². The van der Waals surface area contributed by atoms with E-state index in [0.717, 1.165) is 24.3 Å². The van der Waals surface area contributed by atoms with Crippen molar-refractivity contribution in [2.24, 2.45) is 0 Å². The number of fused-ring (bicyclic) bond motifs is 1. The zero-order valence-electron chi connectivity index (χ0n) is 12.7. The van der Waals surface area contributed by atoms with E-state index in [2.05, 4.69) is 6.07 Å². The molecule has 1 aromatic carbocycles. The molecule has 1 aliphatic rings. The Kier molecular flexibility index (Phi) is 8.68. The fraction of sp³-hybridized carbons (Fsp3) is 0.562. The third kappa shape index (κ3) is 5.33. The topological polar surface area (TPSA) is 46.5 Å². The van der Waals surface area contributed by atoms with Gasteiger partial charge in [-0.15, -0.1) is 0 Å². The van der Waals surface area contributed by atoms with E-state index in [4.69, 9.17) is 9.84 Å². The highest BCUT2D eigenvalue weighted by Crippen LogP contribution is 2.29. The fourth-order valence-corrected chi connectivity index (χ4v) is 1.89. The molecule has 0 bridgehead atoms. The van der Waals surface area contributed by atoms with Crippen molar-refractivity contribution in [3.05, 3.63) is 29.3 Å². The number of ether oxygens (including phenoxy) is 1. The van der Waals surface area contributed by atoms with Crippen molar-refractivity contribution in [2.45, 2.75) is 53.4 Å². The Bertz CT molecular complexity index is 386. The zero-order chi connectivity index (χ0) is 14.8. The molecule has 0 saturated carbocycles. The number of hydrogen-bond donors (Lipinski definition) is 1. The van der Waals surface area contributed by atoms with Crippen molar-refractivity contribution in [2.75, 3.05) is 6.61 Å². The Balaban J connectivity index is 0.000000741. The molecule has 1 unspecified atom stereocenters. The summed E-state index contributed by atoms with van der Waals surface area (Å²) in [7, 11) is 0. The average Bonchev–Trinajstić information content (AvgIpc) is 2.89. The van der Waals surface area contributed by atoms with E-state index in [9.17, 15) is 4.79 Å². The Hall–Kier alpha value is -1.51. The maximum Gasteiger partial charge on any atom is 0.303 e. The van der Waals surface area contributed by atoms with Crippen LogP contribution in [-0.4, -0.2) is 17.7 Å². The fourth-order valence-electron chi connectivity index (χ4n) is 1.89. The van der Waals surface area contributed by atoms with Crippen LogP contribution in [0.4, 0.5) is 0 Å². The van der Waals surface area contributed by atoms with E-state index < -0.39 is 5.97 Å². The summed E-state index contributed by atoms with van der Waals surface area (Å²) in [4.78, 5) is 10.6. The van der Waals surface area contributed by atoms with Crippen molar-refractivity contribution < 1.29 is 14.6 Å². The third-order valence-corrected chi connectivity index (χ3v) is 2.76. The lowest BCUT2D eigenvalue weighted by molar-refractivity contribution is -0.137. The van der Waals surface area contributed by atoms with Crippen molar-refractivity contribution in [1.29, 1.82) is 0 Å². The van der Waals surface area contributed by atoms with Gasteiger partial charge in [0.05, 0.1) is 13.0 Å². The molecule has 3 heteroatoms. The largest absolute Gasteiger partial charge is 0.493 e. The number of carbonyl (C=O) groups is 1. The maximum atomic E-state index is 10.6. The number of hydrogen-bond acceptors (Lipinski definition) is 2. The van der Waals surface area contributed by atoms with Gasteiger partial charge in [0.15, 0.2) is 0 Å². The number of benzene rings is 1. The SMILES string of the molecule is CC.CC.CC(CC(=O)O)c1ccc2c(c1)CCO2. The molecule has 1 N–H and O–H groups in total. The molecule has 1 atom stereocenters. The summed E-state index contributed by atoms with van der Waals surface area (Å²) in [5.41, 5.74) is 2.28. The molecule has 0 aliphatic carbocycles. The number of rotatable bonds is 3. The standard InChI is InChI=1S/C12H14O3.2C2H6/c1-8(6-12(13)14)9-2-3-11-10(7-9)4-5-15-11;2*1-2/h2-3,7-8H,4-6H2,1H3,(H,13,14);2*1-2H3. The van der Waals surface area contributed by atoms with Crippen LogP contribution in [0.15, 0.2) is 18.2 Å². The molecular weight excluding hydrogens is 240 g/mol. The Morgan fingerprint density at radius 1 is 1.32 bits per heavy atom. The number of carboxylic acid groups (broad SMARTS) is 1. The van der Waals surface area contributed by atoms with Crippen molar-refractivity contribution in [3.8, 4) is 5.75 Å². The lowest BCUT2D eigenvalue weighted by Gasteiger charge is -2.10. The predicted molar refractivity (Wildman–Crippen MR) is 79.0 cm³/mol. The van der Waals surface area contributed by atoms with E-state index in [1.165, 1.54) is 5.56 Å². The minimum Gasteiger partial charge on any atom is -0.493 e. The smallest absolute Gasteiger partial charge is 0.303 e. The number of carboxylic acids is 1. The molecule has 1 heterocycles. The van der Waals surface area contributed by atoms with Gasteiger partial charge in [0, 0.05) is 6.42 Å². The highest BCUT2D eigenvalue weighted by Gasteiger charge is 2.15. The van der Waals surface area contributed by atoms with Gasteiger partial charge >= 0.3 is 5.97 Å². The van der Waals surface area contributed by atoms with Crippen LogP contribution in [0.2, 0.25) is 0 Å². The molecule has 0 amide bonds. The summed E-state index contributed by atoms with van der Waals surface area (Å²) < 4.78 is 5.40. The molecule has 0 radical (unpaired) electrons. The van der Waals surface area contributed by atoms with Gasteiger partial charge in [-0.2, -0.15) is 0 Å². The molecule has 108 valence electrons. The van der Waals surface area contributed by atoms with Crippen LogP contribution in [0.25, 0.3) is 0 Å². The van der Waals surface area contributed by atoms with E-state index in [-0.39, 0.29) is 12.3 Å². The van der Waals surface area contributed by atoms with E-state index in [1.807, 2.05) is 46.8 Å². The zero-order valence-corrected chi connectivity index (χ0v) is 12.7. The van der Waals surface area contributed by atoms with Crippen LogP contribution in [0.1, 0.15) is 58.1 Å². The molecule has 19 heavy (non-hydrogen) atoms. The van der Waals surface area contributed by atoms with E-state index >= 15 is 0 Å². The van der Waals surface area contributed by atoms with Crippen LogP contribution in [-0.2, 0) is 11.2 Å². The first-order chi connectivity index (χ1) is 9.16. The molecule has 2 rings (SSSR count). The van der Waals surface area contributed by atoms with Crippen LogP contribution >= 0.6 is 0 Å². The number of aliphatic carboxylic acids is 1. The highest BCUT2D eigenvalue weighted by atomic mass is 16.5. The summed E-state index contributed by atoms with van der Waals surface area (Å²) in [6.45, 7) is 10.7. The first-order valence-corrected chi connectivity index (χ1v) is 7.14. The van der Waals surface area contributed by atoms with Crippen molar-refractivity contribution in [1.82, 2.24) is 0 Å². The minimum atomic E-state index is -0.751. The lowest BCUT2D eigenvalue weighted by atomic mass is 9.95. The van der Waals surface area contributed by atoms with Gasteiger partial charge in [-0.1, -0.05) is 46.8 Å². The summed E-state index contributed by atoms with van der Waals surface area (Å²) in [5.74, 6) is 0.258. The molecular formula is C16H26O3. The third-order valence-electron chi connectivity index (χ3n) is 2.76. The monoisotopic (exact) mass is 266 g/mol. The van der Waals surface area contributed by atoms with Gasteiger partial charge in [0.2, 0.25) is 0 Å². The second-order valence-corrected chi connectivity index (χ2v) is 3.96. The lowest BCUT2D eigenvalue weighted by Crippen LogP contribution is -2.02. The molecule has 3 nitrogen and oxygen atoms in total. The molecule has 1 aliphatic heterocycles. The average molecular weight is 266 g/mol. The van der Waals surface area contributed by atoms with Gasteiger partial charge in [-0.3, -0.25) is 4.79 Å². The quantitative estimate of drug-likeness (QED) is 0.889.